The van der Waals surface area contributed by atoms with E-state index < -0.39 is 0 Å². The number of thiol groups is 1. The van der Waals surface area contributed by atoms with Gasteiger partial charge >= 0.3 is 0 Å². The normalized spacial score (nSPS) is 18.8. The molecule has 1 rings (SSSR count). The van der Waals surface area contributed by atoms with E-state index in [-0.39, 0.29) is 5.17 Å². The molecule has 0 bridgehead atoms. The van der Waals surface area contributed by atoms with Crippen LogP contribution in [0.4, 0.5) is 0 Å². The van der Waals surface area contributed by atoms with Gasteiger partial charge in [-0.05, 0) is 0 Å². The molecule has 10 heavy (non-hydrogen) atoms. The van der Waals surface area contributed by atoms with Crippen molar-refractivity contribution < 1.29 is 0 Å². The van der Waals surface area contributed by atoms with Gasteiger partial charge < -0.3 is 0 Å². The van der Waals surface area contributed by atoms with Crippen LogP contribution in [0.25, 0.3) is 0 Å². The Morgan fingerprint density at radius 3 is 2.70 bits per heavy atom. The molecule has 0 aliphatic carbocycles. The van der Waals surface area contributed by atoms with Crippen LogP contribution in [0.1, 0.15) is 0 Å². The molecule has 0 amide bonds. The third-order valence-electron chi connectivity index (χ3n) is 0.901. The lowest BCUT2D eigenvalue weighted by atomic mass is 10.6. The van der Waals surface area contributed by atoms with Crippen molar-refractivity contribution in [2.24, 2.45) is 5.10 Å². The van der Waals surface area contributed by atoms with E-state index in [9.17, 15) is 0 Å². The average molecular weight is 198 g/mol. The summed E-state index contributed by atoms with van der Waals surface area (Å²) in [6.45, 7) is 0. The third kappa shape index (κ3) is 1.51. The Hall–Kier alpha value is -0.0600. The molecule has 0 spiro atoms. The molecule has 0 atom stereocenters. The van der Waals surface area contributed by atoms with Crippen molar-refractivity contribution in [2.75, 3.05) is 7.05 Å². The van der Waals surface area contributed by atoms with Crippen LogP contribution in [-0.4, -0.2) is 17.3 Å². The molecule has 0 aromatic carbocycles. The topological polar surface area (TPSA) is 27.6 Å². The number of hydrazone groups is 1. The van der Waals surface area contributed by atoms with Gasteiger partial charge in [0, 0.05) is 7.05 Å². The summed E-state index contributed by atoms with van der Waals surface area (Å²) in [7, 11) is 1.69. The van der Waals surface area contributed by atoms with Gasteiger partial charge in [-0.25, -0.2) is 5.12 Å². The highest BCUT2D eigenvalue weighted by Gasteiger charge is 2.12. The van der Waals surface area contributed by atoms with E-state index >= 15 is 0 Å². The third-order valence-corrected chi connectivity index (χ3v) is 2.14. The fourth-order valence-corrected chi connectivity index (χ4v) is 1.05. The predicted octanol–water partition coefficient (Wildman–Crippen LogP) is 1.33. The minimum atomic E-state index is 0.287. The SMILES string of the molecule is CN1N=C(Cl)C(S)=C(Cl)N1. The van der Waals surface area contributed by atoms with E-state index in [0.29, 0.717) is 10.1 Å². The Morgan fingerprint density at radius 1 is 1.60 bits per heavy atom. The van der Waals surface area contributed by atoms with Gasteiger partial charge in [0.05, 0.1) is 4.91 Å². The highest BCUT2D eigenvalue weighted by Crippen LogP contribution is 2.18. The zero-order valence-corrected chi connectivity index (χ0v) is 7.50. The van der Waals surface area contributed by atoms with Gasteiger partial charge in [0.2, 0.25) is 0 Å². The number of rotatable bonds is 0. The smallest absolute Gasteiger partial charge is 0.167 e. The van der Waals surface area contributed by atoms with Crippen molar-refractivity contribution >= 4 is 41.0 Å². The lowest BCUT2D eigenvalue weighted by Crippen LogP contribution is -2.32. The average Bonchev–Trinajstić information content (AvgIpc) is 1.82. The van der Waals surface area contributed by atoms with Gasteiger partial charge in [-0.1, -0.05) is 23.2 Å². The minimum Gasteiger partial charge on any atom is -0.271 e. The van der Waals surface area contributed by atoms with Gasteiger partial charge in [0.1, 0.15) is 5.16 Å². The lowest BCUT2D eigenvalue weighted by molar-refractivity contribution is 0.284. The molecule has 56 valence electrons. The second-order valence-electron chi connectivity index (χ2n) is 1.69. The van der Waals surface area contributed by atoms with Crippen molar-refractivity contribution in [3.05, 3.63) is 10.1 Å². The molecule has 0 aromatic heterocycles. The summed E-state index contributed by atoms with van der Waals surface area (Å²) in [5.74, 6) is 0. The molecule has 0 fully saturated rings. The van der Waals surface area contributed by atoms with Gasteiger partial charge in [0.25, 0.3) is 0 Å². The quantitative estimate of drug-likeness (QED) is 0.453. The largest absolute Gasteiger partial charge is 0.271 e. The van der Waals surface area contributed by atoms with E-state index in [2.05, 4.69) is 23.2 Å². The van der Waals surface area contributed by atoms with E-state index in [1.165, 1.54) is 5.12 Å². The Morgan fingerprint density at radius 2 is 2.20 bits per heavy atom. The van der Waals surface area contributed by atoms with E-state index in [1.54, 1.807) is 7.05 Å². The summed E-state index contributed by atoms with van der Waals surface area (Å²) in [6.07, 6.45) is 0. The van der Waals surface area contributed by atoms with Crippen molar-refractivity contribution in [1.82, 2.24) is 10.5 Å². The minimum absolute atomic E-state index is 0.287. The molecule has 6 heteroatoms. The molecular formula is C4H5Cl2N3S. The standard InChI is InChI=1S/C4H5Cl2N3S/c1-9-7-3(5)2(10)4(6)8-9/h7,10H,1H3. The van der Waals surface area contributed by atoms with Gasteiger partial charge in [-0.2, -0.15) is 0 Å². The Labute approximate surface area is 74.0 Å². The molecule has 0 unspecified atom stereocenters. The molecule has 0 aromatic rings. The monoisotopic (exact) mass is 197 g/mol. The first kappa shape index (κ1) is 8.04. The summed E-state index contributed by atoms with van der Waals surface area (Å²) in [5, 5.41) is 5.87. The van der Waals surface area contributed by atoms with Crippen LogP contribution < -0.4 is 5.43 Å². The maximum Gasteiger partial charge on any atom is 0.167 e. The number of allylic oxidation sites excluding steroid dienone is 1. The van der Waals surface area contributed by atoms with Crippen molar-refractivity contribution in [2.45, 2.75) is 0 Å². The zero-order chi connectivity index (χ0) is 7.72. The molecule has 1 N–H and O–H groups in total. The van der Waals surface area contributed by atoms with Crippen LogP contribution in [0.5, 0.6) is 0 Å². The number of halogens is 2. The van der Waals surface area contributed by atoms with Crippen LogP contribution >= 0.6 is 35.8 Å². The molecule has 1 aliphatic heterocycles. The van der Waals surface area contributed by atoms with Crippen molar-refractivity contribution in [1.29, 1.82) is 0 Å². The summed E-state index contributed by atoms with van der Waals surface area (Å²) in [6, 6.07) is 0. The number of hydrogen-bond acceptors (Lipinski definition) is 4. The fraction of sp³-hybridized carbons (Fsp3) is 0.250. The molecule has 0 saturated heterocycles. The zero-order valence-electron chi connectivity index (χ0n) is 5.10. The Bertz CT molecular complexity index is 213. The second-order valence-corrected chi connectivity index (χ2v) is 2.87. The number of hydrazine groups is 1. The Balaban J connectivity index is 2.90. The fourth-order valence-electron chi connectivity index (χ4n) is 0.490. The lowest BCUT2D eigenvalue weighted by Gasteiger charge is -2.20. The molecule has 3 nitrogen and oxygen atoms in total. The molecule has 1 heterocycles. The first-order valence-electron chi connectivity index (χ1n) is 2.45. The van der Waals surface area contributed by atoms with Gasteiger partial charge in [-0.15, -0.1) is 17.7 Å². The number of nitrogens with zero attached hydrogens (tertiary/aromatic N) is 2. The highest BCUT2D eigenvalue weighted by molar-refractivity contribution is 7.86. The predicted molar refractivity (Wildman–Crippen MR) is 46.1 cm³/mol. The van der Waals surface area contributed by atoms with E-state index in [0.717, 1.165) is 0 Å². The van der Waals surface area contributed by atoms with E-state index in [4.69, 9.17) is 23.2 Å². The van der Waals surface area contributed by atoms with Crippen LogP contribution in [-0.2, 0) is 0 Å². The highest BCUT2D eigenvalue weighted by atomic mass is 35.5. The first-order chi connectivity index (χ1) is 4.61. The first-order valence-corrected chi connectivity index (χ1v) is 3.65. The van der Waals surface area contributed by atoms with Crippen LogP contribution in [0.2, 0.25) is 0 Å². The maximum absolute atomic E-state index is 5.64. The maximum atomic E-state index is 5.64. The van der Waals surface area contributed by atoms with Crippen molar-refractivity contribution in [3.63, 3.8) is 0 Å². The van der Waals surface area contributed by atoms with Gasteiger partial charge in [-0.3, -0.25) is 5.43 Å². The molecule has 0 saturated carbocycles. The molecule has 1 aliphatic rings. The van der Waals surface area contributed by atoms with Crippen LogP contribution in [0.3, 0.4) is 0 Å². The van der Waals surface area contributed by atoms with Crippen LogP contribution in [0, 0.1) is 0 Å². The summed E-state index contributed by atoms with van der Waals surface area (Å²) in [4.78, 5) is 0.460. The summed E-state index contributed by atoms with van der Waals surface area (Å²) >= 11 is 15.2. The van der Waals surface area contributed by atoms with Gasteiger partial charge in [0.15, 0.2) is 5.17 Å². The molecular weight excluding hydrogens is 193 g/mol. The van der Waals surface area contributed by atoms with Crippen LogP contribution in [0.15, 0.2) is 15.2 Å². The summed E-state index contributed by atoms with van der Waals surface area (Å²) in [5.41, 5.74) is 2.69. The second kappa shape index (κ2) is 2.90. The summed E-state index contributed by atoms with van der Waals surface area (Å²) < 4.78 is 0. The van der Waals surface area contributed by atoms with Crippen molar-refractivity contribution in [3.8, 4) is 0 Å². The molecule has 0 radical (unpaired) electrons. The van der Waals surface area contributed by atoms with E-state index in [1.807, 2.05) is 0 Å². The Kier molecular flexibility index (Phi) is 2.33. The number of nitrogens with one attached hydrogen (secondary N) is 1. The number of hydrogen-bond donors (Lipinski definition) is 2.